The minimum Gasteiger partial charge on any atom is -0.481 e. The molecule has 1 rings (SSSR count). The zero-order valence-electron chi connectivity index (χ0n) is 13.0. The van der Waals surface area contributed by atoms with Crippen LogP contribution in [0.15, 0.2) is 0 Å². The van der Waals surface area contributed by atoms with Gasteiger partial charge in [-0.3, -0.25) is 14.3 Å². The number of thioether (sulfide) groups is 1. The van der Waals surface area contributed by atoms with Crippen LogP contribution in [0.3, 0.4) is 0 Å². The first-order chi connectivity index (χ1) is 9.82. The third-order valence-corrected chi connectivity index (χ3v) is 4.33. The third kappa shape index (κ3) is 5.41. The Bertz CT molecular complexity index is 514. The summed E-state index contributed by atoms with van der Waals surface area (Å²) in [7, 11) is 1.90. The molecule has 21 heavy (non-hydrogen) atoms. The van der Waals surface area contributed by atoms with Crippen LogP contribution < -0.4 is 5.32 Å². The average Bonchev–Trinajstić information content (AvgIpc) is 2.64. The van der Waals surface area contributed by atoms with Crippen molar-refractivity contribution < 1.29 is 14.7 Å². The Kier molecular flexibility index (Phi) is 6.74. The number of carboxylic acids is 1. The number of rotatable bonds is 8. The van der Waals surface area contributed by atoms with E-state index < -0.39 is 5.97 Å². The Labute approximate surface area is 129 Å². The van der Waals surface area contributed by atoms with Gasteiger partial charge in [0.25, 0.3) is 0 Å². The fraction of sp³-hybridized carbons (Fsp3) is 0.643. The first kappa shape index (κ1) is 17.6. The Morgan fingerprint density at radius 3 is 2.62 bits per heavy atom. The summed E-state index contributed by atoms with van der Waals surface area (Å²) in [6.45, 7) is 6.34. The van der Waals surface area contributed by atoms with Crippen molar-refractivity contribution in [2.75, 3.05) is 18.1 Å². The zero-order chi connectivity index (χ0) is 16.0. The lowest BCUT2D eigenvalue weighted by molar-refractivity contribution is -0.133. The van der Waals surface area contributed by atoms with E-state index in [9.17, 15) is 9.59 Å². The van der Waals surface area contributed by atoms with Crippen molar-refractivity contribution in [1.29, 1.82) is 0 Å². The maximum Gasteiger partial charge on any atom is 0.313 e. The van der Waals surface area contributed by atoms with Gasteiger partial charge in [-0.25, -0.2) is 0 Å². The first-order valence-corrected chi connectivity index (χ1v) is 8.04. The van der Waals surface area contributed by atoms with Gasteiger partial charge in [0, 0.05) is 31.0 Å². The van der Waals surface area contributed by atoms with E-state index in [1.165, 1.54) is 11.8 Å². The molecule has 1 amide bonds. The highest BCUT2D eigenvalue weighted by Crippen LogP contribution is 2.16. The van der Waals surface area contributed by atoms with E-state index in [0.717, 1.165) is 17.0 Å². The smallest absolute Gasteiger partial charge is 0.313 e. The van der Waals surface area contributed by atoms with Gasteiger partial charge >= 0.3 is 5.97 Å². The Morgan fingerprint density at radius 1 is 1.43 bits per heavy atom. The molecule has 6 nitrogen and oxygen atoms in total. The van der Waals surface area contributed by atoms with Gasteiger partial charge in [0.15, 0.2) is 0 Å². The van der Waals surface area contributed by atoms with E-state index in [-0.39, 0.29) is 17.6 Å². The minimum absolute atomic E-state index is 0.00595. The minimum atomic E-state index is -0.831. The molecule has 0 bridgehead atoms. The number of hydrogen-bond donors (Lipinski definition) is 2. The molecule has 0 aliphatic heterocycles. The van der Waals surface area contributed by atoms with Crippen molar-refractivity contribution in [3.05, 3.63) is 17.0 Å². The summed E-state index contributed by atoms with van der Waals surface area (Å²) in [6.07, 6.45) is 0.666. The lowest BCUT2D eigenvalue weighted by Crippen LogP contribution is -2.32. The second kappa shape index (κ2) is 8.07. The van der Waals surface area contributed by atoms with Gasteiger partial charge in [0.05, 0.1) is 11.4 Å². The van der Waals surface area contributed by atoms with Gasteiger partial charge in [0.2, 0.25) is 5.91 Å². The van der Waals surface area contributed by atoms with E-state index in [1.807, 2.05) is 32.5 Å². The number of carbonyl (C=O) groups is 2. The molecule has 0 spiro atoms. The lowest BCUT2D eigenvalue weighted by atomic mass is 9.99. The predicted octanol–water partition coefficient (Wildman–Crippen LogP) is 1.15. The largest absolute Gasteiger partial charge is 0.481 e. The van der Waals surface area contributed by atoms with Crippen molar-refractivity contribution in [3.8, 4) is 0 Å². The van der Waals surface area contributed by atoms with Crippen LogP contribution in [-0.2, 0) is 23.1 Å². The molecule has 1 atom stereocenters. The molecule has 0 saturated carbocycles. The summed E-state index contributed by atoms with van der Waals surface area (Å²) in [4.78, 5) is 22.4. The summed E-state index contributed by atoms with van der Waals surface area (Å²) in [5.74, 6) is -0.290. The monoisotopic (exact) mass is 313 g/mol. The molecule has 1 aromatic heterocycles. The van der Waals surface area contributed by atoms with Crippen LogP contribution >= 0.6 is 11.8 Å². The summed E-state index contributed by atoms with van der Waals surface area (Å²) >= 11 is 1.30. The standard InChI is InChI=1S/C14H23N3O3S/c1-9(7-12-10(2)16-17(4)11(12)3)14(20)15-5-6-21-8-13(18)19/h9H,5-8H2,1-4H3,(H,15,20)(H,18,19). The quantitative estimate of drug-likeness (QED) is 0.703. The molecule has 0 aromatic carbocycles. The number of aromatic nitrogens is 2. The van der Waals surface area contributed by atoms with Crippen LogP contribution in [0, 0.1) is 19.8 Å². The molecule has 1 aromatic rings. The Hall–Kier alpha value is -1.50. The van der Waals surface area contributed by atoms with Crippen LogP contribution in [-0.4, -0.2) is 44.8 Å². The molecular weight excluding hydrogens is 290 g/mol. The van der Waals surface area contributed by atoms with Crippen molar-refractivity contribution in [1.82, 2.24) is 15.1 Å². The normalized spacial score (nSPS) is 12.2. The highest BCUT2D eigenvalue weighted by molar-refractivity contribution is 7.99. The van der Waals surface area contributed by atoms with Crippen LogP contribution in [0.25, 0.3) is 0 Å². The number of aliphatic carboxylic acids is 1. The Morgan fingerprint density at radius 2 is 2.10 bits per heavy atom. The van der Waals surface area contributed by atoms with Crippen molar-refractivity contribution in [3.63, 3.8) is 0 Å². The molecule has 0 saturated heterocycles. The molecule has 2 N–H and O–H groups in total. The average molecular weight is 313 g/mol. The van der Waals surface area contributed by atoms with Gasteiger partial charge < -0.3 is 10.4 Å². The summed E-state index contributed by atoms with van der Waals surface area (Å²) < 4.78 is 1.83. The Balaban J connectivity index is 2.39. The molecular formula is C14H23N3O3S. The predicted molar refractivity (Wildman–Crippen MR) is 83.5 cm³/mol. The maximum absolute atomic E-state index is 12.0. The fourth-order valence-electron chi connectivity index (χ4n) is 2.09. The molecule has 118 valence electrons. The van der Waals surface area contributed by atoms with Crippen molar-refractivity contribution in [2.24, 2.45) is 13.0 Å². The van der Waals surface area contributed by atoms with E-state index in [2.05, 4.69) is 10.4 Å². The molecule has 7 heteroatoms. The third-order valence-electron chi connectivity index (χ3n) is 3.39. The van der Waals surface area contributed by atoms with Crippen LogP contribution in [0.4, 0.5) is 0 Å². The van der Waals surface area contributed by atoms with Gasteiger partial charge in [-0.05, 0) is 25.8 Å². The second-order valence-corrected chi connectivity index (χ2v) is 6.22. The fourth-order valence-corrected chi connectivity index (χ4v) is 2.66. The summed E-state index contributed by atoms with van der Waals surface area (Å²) in [5, 5.41) is 15.7. The van der Waals surface area contributed by atoms with Crippen LogP contribution in [0.2, 0.25) is 0 Å². The number of nitrogens with one attached hydrogen (secondary N) is 1. The van der Waals surface area contributed by atoms with Gasteiger partial charge in [0.1, 0.15) is 0 Å². The first-order valence-electron chi connectivity index (χ1n) is 6.89. The lowest BCUT2D eigenvalue weighted by Gasteiger charge is -2.12. The number of hydrogen-bond acceptors (Lipinski definition) is 4. The van der Waals surface area contributed by atoms with Gasteiger partial charge in [-0.1, -0.05) is 6.92 Å². The summed E-state index contributed by atoms with van der Waals surface area (Å²) in [6, 6.07) is 0. The molecule has 0 aliphatic carbocycles. The molecule has 0 radical (unpaired) electrons. The maximum atomic E-state index is 12.0. The zero-order valence-corrected chi connectivity index (χ0v) is 13.8. The number of carboxylic acid groups (broad SMARTS) is 1. The van der Waals surface area contributed by atoms with E-state index in [4.69, 9.17) is 5.11 Å². The van der Waals surface area contributed by atoms with Crippen molar-refractivity contribution in [2.45, 2.75) is 27.2 Å². The number of nitrogens with zero attached hydrogens (tertiary/aromatic N) is 2. The SMILES string of the molecule is Cc1nn(C)c(C)c1CC(C)C(=O)NCCSCC(=O)O. The van der Waals surface area contributed by atoms with E-state index in [0.29, 0.717) is 18.7 Å². The second-order valence-electron chi connectivity index (χ2n) is 5.12. The molecule has 1 unspecified atom stereocenters. The van der Waals surface area contributed by atoms with Crippen LogP contribution in [0.5, 0.6) is 0 Å². The topological polar surface area (TPSA) is 84.2 Å². The van der Waals surface area contributed by atoms with Crippen molar-refractivity contribution >= 4 is 23.6 Å². The van der Waals surface area contributed by atoms with Gasteiger partial charge in [-0.15, -0.1) is 11.8 Å². The highest BCUT2D eigenvalue weighted by Gasteiger charge is 2.18. The van der Waals surface area contributed by atoms with Gasteiger partial charge in [-0.2, -0.15) is 5.10 Å². The number of amides is 1. The number of aryl methyl sites for hydroxylation is 2. The highest BCUT2D eigenvalue weighted by atomic mass is 32.2. The molecule has 1 heterocycles. The molecule has 0 fully saturated rings. The number of carbonyl (C=O) groups excluding carboxylic acids is 1. The molecule has 0 aliphatic rings. The van der Waals surface area contributed by atoms with E-state index >= 15 is 0 Å². The van der Waals surface area contributed by atoms with Crippen LogP contribution in [0.1, 0.15) is 23.9 Å². The summed E-state index contributed by atoms with van der Waals surface area (Å²) in [5.41, 5.74) is 3.18. The van der Waals surface area contributed by atoms with E-state index in [1.54, 1.807) is 0 Å².